The largest absolute Gasteiger partial charge is 0.516 e. The zero-order valence-corrected chi connectivity index (χ0v) is 13.7. The molecule has 6 nitrogen and oxygen atoms in total. The van der Waals surface area contributed by atoms with E-state index in [9.17, 15) is 26.4 Å². The first-order valence-electron chi connectivity index (χ1n) is 7.31. The van der Waals surface area contributed by atoms with Crippen molar-refractivity contribution in [2.75, 3.05) is 17.8 Å². The number of alkyl halides is 3. The Kier molecular flexibility index (Phi) is 5.38. The van der Waals surface area contributed by atoms with Crippen LogP contribution in [0.1, 0.15) is 28.8 Å². The number of anilines is 1. The quantitative estimate of drug-likeness (QED) is 0.742. The summed E-state index contributed by atoms with van der Waals surface area (Å²) in [4.78, 5) is 12.1. The van der Waals surface area contributed by atoms with Gasteiger partial charge in [-0.1, -0.05) is 0 Å². The number of carbonyl (C=O) groups excluding carboxylic acids is 1. The van der Waals surface area contributed by atoms with Gasteiger partial charge in [-0.3, -0.25) is 9.52 Å². The number of benzene rings is 1. The fraction of sp³-hybridized carbons (Fsp3) is 0.500. The second-order valence-electron chi connectivity index (χ2n) is 5.58. The molecule has 0 radical (unpaired) electrons. The topological polar surface area (TPSA) is 87.3 Å². The number of amides is 1. The van der Waals surface area contributed by atoms with Crippen LogP contribution in [0.25, 0.3) is 0 Å². The van der Waals surface area contributed by atoms with Gasteiger partial charge in [-0.2, -0.15) is 21.6 Å². The lowest BCUT2D eigenvalue weighted by atomic mass is 10.1. The number of rotatable bonds is 5. The van der Waals surface area contributed by atoms with E-state index in [0.717, 1.165) is 25.5 Å². The number of aryl methyl sites for hydroxylation is 1. The van der Waals surface area contributed by atoms with Gasteiger partial charge in [-0.05, 0) is 50.1 Å². The molecule has 1 aromatic rings. The van der Waals surface area contributed by atoms with E-state index in [1.54, 1.807) is 0 Å². The Hall–Kier alpha value is -1.81. The summed E-state index contributed by atoms with van der Waals surface area (Å²) >= 11 is 0. The zero-order chi connectivity index (χ0) is 18.0. The summed E-state index contributed by atoms with van der Waals surface area (Å²) in [5.41, 5.74) is -5.15. The minimum Gasteiger partial charge on any atom is -0.350 e. The molecule has 1 aromatic carbocycles. The highest BCUT2D eigenvalue weighted by molar-refractivity contribution is 7.93. The van der Waals surface area contributed by atoms with Crippen molar-refractivity contribution in [2.45, 2.75) is 31.3 Å². The summed E-state index contributed by atoms with van der Waals surface area (Å²) in [6.07, 6.45) is 2.02. The molecule has 1 aliphatic heterocycles. The molecule has 1 saturated heterocycles. The normalized spacial score (nSPS) is 18.4. The number of carbonyl (C=O) groups is 1. The standard InChI is InChI=1S/C14H18F3N3O3S/c1-9-7-10(13(21)19-8-11-3-2-6-18-11)4-5-12(9)20-24(22,23)14(15,16)17/h4-5,7,11,18,20H,2-3,6,8H2,1H3,(H,19,21). The highest BCUT2D eigenvalue weighted by atomic mass is 32.2. The Labute approximate surface area is 137 Å². The van der Waals surface area contributed by atoms with Crippen molar-refractivity contribution in [3.8, 4) is 0 Å². The van der Waals surface area contributed by atoms with Gasteiger partial charge in [0.15, 0.2) is 0 Å². The Morgan fingerprint density at radius 1 is 1.38 bits per heavy atom. The van der Waals surface area contributed by atoms with Crippen molar-refractivity contribution in [1.29, 1.82) is 0 Å². The molecule has 0 spiro atoms. The predicted octanol–water partition coefficient (Wildman–Crippen LogP) is 1.74. The van der Waals surface area contributed by atoms with Gasteiger partial charge < -0.3 is 10.6 Å². The molecular weight excluding hydrogens is 347 g/mol. The average Bonchev–Trinajstić information content (AvgIpc) is 2.99. The Morgan fingerprint density at radius 3 is 2.62 bits per heavy atom. The monoisotopic (exact) mass is 365 g/mol. The molecular formula is C14H18F3N3O3S. The second kappa shape index (κ2) is 6.98. The molecule has 3 N–H and O–H groups in total. The van der Waals surface area contributed by atoms with E-state index in [4.69, 9.17) is 0 Å². The molecule has 1 amide bonds. The molecule has 134 valence electrons. The van der Waals surface area contributed by atoms with Gasteiger partial charge in [-0.25, -0.2) is 0 Å². The van der Waals surface area contributed by atoms with Crippen molar-refractivity contribution in [3.63, 3.8) is 0 Å². The first-order valence-corrected chi connectivity index (χ1v) is 8.80. The van der Waals surface area contributed by atoms with E-state index < -0.39 is 15.5 Å². The molecule has 1 atom stereocenters. The summed E-state index contributed by atoms with van der Waals surface area (Å²) in [7, 11) is -5.49. The minimum atomic E-state index is -5.49. The summed E-state index contributed by atoms with van der Waals surface area (Å²) in [5, 5.41) is 5.97. The summed E-state index contributed by atoms with van der Waals surface area (Å²) in [6, 6.07) is 3.97. The molecule has 24 heavy (non-hydrogen) atoms. The van der Waals surface area contributed by atoms with Crippen LogP contribution in [0, 0.1) is 6.92 Å². The van der Waals surface area contributed by atoms with Crippen LogP contribution < -0.4 is 15.4 Å². The number of sulfonamides is 1. The summed E-state index contributed by atoms with van der Waals surface area (Å²) in [5.74, 6) is -0.364. The lowest BCUT2D eigenvalue weighted by molar-refractivity contribution is -0.0429. The molecule has 0 bridgehead atoms. The van der Waals surface area contributed by atoms with E-state index in [1.807, 2.05) is 0 Å². The van der Waals surface area contributed by atoms with Crippen LogP contribution in [0.15, 0.2) is 18.2 Å². The third-order valence-corrected chi connectivity index (χ3v) is 4.81. The van der Waals surface area contributed by atoms with Gasteiger partial charge in [0.1, 0.15) is 0 Å². The van der Waals surface area contributed by atoms with Crippen LogP contribution in [0.2, 0.25) is 0 Å². The molecule has 0 saturated carbocycles. The van der Waals surface area contributed by atoms with Gasteiger partial charge in [0.2, 0.25) is 0 Å². The number of halogens is 3. The van der Waals surface area contributed by atoms with Crippen LogP contribution in [0.5, 0.6) is 0 Å². The lowest BCUT2D eigenvalue weighted by Gasteiger charge is -2.14. The fourth-order valence-electron chi connectivity index (χ4n) is 2.37. The van der Waals surface area contributed by atoms with Crippen LogP contribution >= 0.6 is 0 Å². The molecule has 0 aliphatic carbocycles. The minimum absolute atomic E-state index is 0.216. The SMILES string of the molecule is Cc1cc(C(=O)NCC2CCCN2)ccc1NS(=O)(=O)C(F)(F)F. The lowest BCUT2D eigenvalue weighted by Crippen LogP contribution is -2.37. The Morgan fingerprint density at radius 2 is 2.08 bits per heavy atom. The molecule has 0 aromatic heterocycles. The van der Waals surface area contributed by atoms with Crippen LogP contribution in [-0.4, -0.2) is 39.0 Å². The van der Waals surface area contributed by atoms with Gasteiger partial charge >= 0.3 is 15.5 Å². The molecule has 10 heteroatoms. The molecule has 2 rings (SSSR count). The van der Waals surface area contributed by atoms with Crippen molar-refractivity contribution in [2.24, 2.45) is 0 Å². The molecule has 1 unspecified atom stereocenters. The van der Waals surface area contributed by atoms with E-state index in [-0.39, 0.29) is 28.8 Å². The number of nitrogens with one attached hydrogen (secondary N) is 3. The molecule has 1 fully saturated rings. The second-order valence-corrected chi connectivity index (χ2v) is 7.26. The summed E-state index contributed by atoms with van der Waals surface area (Å²) < 4.78 is 60.9. The smallest absolute Gasteiger partial charge is 0.350 e. The van der Waals surface area contributed by atoms with Gasteiger partial charge in [0.05, 0.1) is 5.69 Å². The number of hydrogen-bond acceptors (Lipinski definition) is 4. The van der Waals surface area contributed by atoms with Crippen molar-refractivity contribution >= 4 is 21.6 Å². The van der Waals surface area contributed by atoms with Gasteiger partial charge in [0.25, 0.3) is 5.91 Å². The molecule has 1 aliphatic rings. The maximum Gasteiger partial charge on any atom is 0.516 e. The van der Waals surface area contributed by atoms with Crippen molar-refractivity contribution in [3.05, 3.63) is 29.3 Å². The van der Waals surface area contributed by atoms with Crippen LogP contribution in [0.4, 0.5) is 18.9 Å². The molecule has 1 heterocycles. The highest BCUT2D eigenvalue weighted by Crippen LogP contribution is 2.27. The third-order valence-electron chi connectivity index (χ3n) is 3.71. The first-order chi connectivity index (χ1) is 11.1. The first kappa shape index (κ1) is 18.5. The van der Waals surface area contributed by atoms with Gasteiger partial charge in [0, 0.05) is 18.2 Å². The van der Waals surface area contributed by atoms with E-state index >= 15 is 0 Å². The van der Waals surface area contributed by atoms with Crippen LogP contribution in [0.3, 0.4) is 0 Å². The summed E-state index contributed by atoms with van der Waals surface area (Å²) in [6.45, 7) is 2.79. The van der Waals surface area contributed by atoms with Crippen molar-refractivity contribution in [1.82, 2.24) is 10.6 Å². The maximum atomic E-state index is 12.4. The van der Waals surface area contributed by atoms with E-state index in [1.165, 1.54) is 23.8 Å². The average molecular weight is 365 g/mol. The van der Waals surface area contributed by atoms with E-state index in [0.29, 0.717) is 6.54 Å². The Bertz CT molecular complexity index is 714. The highest BCUT2D eigenvalue weighted by Gasteiger charge is 2.46. The van der Waals surface area contributed by atoms with Gasteiger partial charge in [-0.15, -0.1) is 0 Å². The Balaban J connectivity index is 2.04. The maximum absolute atomic E-state index is 12.4. The van der Waals surface area contributed by atoms with Crippen LogP contribution in [-0.2, 0) is 10.0 Å². The predicted molar refractivity (Wildman–Crippen MR) is 83.1 cm³/mol. The zero-order valence-electron chi connectivity index (χ0n) is 12.9. The van der Waals surface area contributed by atoms with Crippen molar-refractivity contribution < 1.29 is 26.4 Å². The fourth-order valence-corrected chi connectivity index (χ4v) is 3.01. The third kappa shape index (κ3) is 4.38. The number of hydrogen-bond donors (Lipinski definition) is 3. The van der Waals surface area contributed by atoms with E-state index in [2.05, 4.69) is 10.6 Å².